The molecule has 2 aliphatic heterocycles. The largest absolute Gasteiger partial charge is 0.375 e. The first kappa shape index (κ1) is 14.5. The van der Waals surface area contributed by atoms with Gasteiger partial charge in [0.05, 0.1) is 18.6 Å². The van der Waals surface area contributed by atoms with Gasteiger partial charge in [0.1, 0.15) is 5.82 Å². The number of nitrogens with zero attached hydrogens (tertiary/aromatic N) is 1. The molecule has 2 fully saturated rings. The van der Waals surface area contributed by atoms with Crippen molar-refractivity contribution in [3.05, 3.63) is 35.1 Å². The third kappa shape index (κ3) is 3.10. The fourth-order valence-electron chi connectivity index (χ4n) is 3.56. The van der Waals surface area contributed by atoms with Crippen molar-refractivity contribution in [1.29, 1.82) is 0 Å². The van der Waals surface area contributed by atoms with E-state index in [-0.39, 0.29) is 11.7 Å². The minimum Gasteiger partial charge on any atom is -0.375 e. The average Bonchev–Trinajstić information content (AvgIpc) is 2.80. The third-order valence-corrected chi connectivity index (χ3v) is 4.71. The molecule has 0 saturated carbocycles. The molecule has 0 radical (unpaired) electrons. The first-order valence-electron chi connectivity index (χ1n) is 7.71. The standard InChI is InChI=1S/C17H22FNO2/c1-11-7-15(18)4-3-13(11)9-17(20)19-6-5-16-14(10-19)8-12(2)21-16/h3-4,7,12,14,16H,5-6,8-10H2,1-2H3/t12-,14-,16+/m0/s1. The second-order valence-corrected chi connectivity index (χ2v) is 6.36. The second kappa shape index (κ2) is 5.76. The summed E-state index contributed by atoms with van der Waals surface area (Å²) in [6.07, 6.45) is 2.98. The van der Waals surface area contributed by atoms with Gasteiger partial charge in [-0.15, -0.1) is 0 Å². The Morgan fingerprint density at radius 1 is 1.48 bits per heavy atom. The van der Waals surface area contributed by atoms with Crippen LogP contribution in [0.4, 0.5) is 4.39 Å². The number of ether oxygens (including phenoxy) is 1. The highest BCUT2D eigenvalue weighted by Crippen LogP contribution is 2.32. The molecule has 21 heavy (non-hydrogen) atoms. The van der Waals surface area contributed by atoms with Gasteiger partial charge < -0.3 is 9.64 Å². The van der Waals surface area contributed by atoms with Crippen molar-refractivity contribution in [1.82, 2.24) is 4.90 Å². The highest BCUT2D eigenvalue weighted by atomic mass is 19.1. The van der Waals surface area contributed by atoms with Gasteiger partial charge >= 0.3 is 0 Å². The van der Waals surface area contributed by atoms with E-state index in [0.717, 1.165) is 37.1 Å². The number of benzene rings is 1. The van der Waals surface area contributed by atoms with E-state index in [9.17, 15) is 9.18 Å². The Bertz CT molecular complexity index is 546. The zero-order valence-electron chi connectivity index (χ0n) is 12.6. The minimum absolute atomic E-state index is 0.141. The highest BCUT2D eigenvalue weighted by Gasteiger charge is 2.38. The van der Waals surface area contributed by atoms with Gasteiger partial charge in [-0.3, -0.25) is 4.79 Å². The number of halogens is 1. The fourth-order valence-corrected chi connectivity index (χ4v) is 3.56. The van der Waals surface area contributed by atoms with Crippen molar-refractivity contribution >= 4 is 5.91 Å². The van der Waals surface area contributed by atoms with Crippen LogP contribution in [0.3, 0.4) is 0 Å². The Labute approximate surface area is 125 Å². The molecule has 2 aliphatic rings. The number of fused-ring (bicyclic) bond motifs is 1. The molecule has 114 valence electrons. The summed E-state index contributed by atoms with van der Waals surface area (Å²) < 4.78 is 19.0. The van der Waals surface area contributed by atoms with E-state index in [0.29, 0.717) is 24.5 Å². The van der Waals surface area contributed by atoms with Crippen molar-refractivity contribution in [2.24, 2.45) is 5.92 Å². The molecule has 0 aromatic heterocycles. The Morgan fingerprint density at radius 3 is 3.05 bits per heavy atom. The molecule has 3 rings (SSSR count). The highest BCUT2D eigenvalue weighted by molar-refractivity contribution is 5.79. The van der Waals surface area contributed by atoms with Crippen LogP contribution < -0.4 is 0 Å². The van der Waals surface area contributed by atoms with Crippen LogP contribution in [0.15, 0.2) is 18.2 Å². The van der Waals surface area contributed by atoms with Crippen molar-refractivity contribution in [2.45, 2.75) is 45.3 Å². The minimum atomic E-state index is -0.249. The predicted octanol–water partition coefficient (Wildman–Crippen LogP) is 2.70. The van der Waals surface area contributed by atoms with Crippen molar-refractivity contribution < 1.29 is 13.9 Å². The predicted molar refractivity (Wildman–Crippen MR) is 78.5 cm³/mol. The lowest BCUT2D eigenvalue weighted by Gasteiger charge is -2.34. The number of piperidine rings is 1. The molecule has 0 N–H and O–H groups in total. The number of rotatable bonds is 2. The van der Waals surface area contributed by atoms with Crippen molar-refractivity contribution in [3.63, 3.8) is 0 Å². The Balaban J connectivity index is 1.63. The molecule has 2 heterocycles. The topological polar surface area (TPSA) is 29.5 Å². The van der Waals surface area contributed by atoms with E-state index in [1.807, 2.05) is 11.8 Å². The summed E-state index contributed by atoms with van der Waals surface area (Å²) in [7, 11) is 0. The number of likely N-dealkylation sites (tertiary alicyclic amines) is 1. The van der Waals surface area contributed by atoms with Crippen LogP contribution in [0.2, 0.25) is 0 Å². The first-order chi connectivity index (χ1) is 10.0. The van der Waals surface area contributed by atoms with Crippen LogP contribution in [0.1, 0.15) is 30.9 Å². The molecule has 3 atom stereocenters. The molecular formula is C17H22FNO2. The van der Waals surface area contributed by atoms with Gasteiger partial charge in [-0.2, -0.15) is 0 Å². The van der Waals surface area contributed by atoms with Crippen LogP contribution in [0.25, 0.3) is 0 Å². The van der Waals surface area contributed by atoms with Gasteiger partial charge in [-0.05, 0) is 49.9 Å². The molecule has 0 aliphatic carbocycles. The molecule has 1 aromatic carbocycles. The number of amides is 1. The maximum atomic E-state index is 13.1. The summed E-state index contributed by atoms with van der Waals surface area (Å²) in [4.78, 5) is 14.4. The Morgan fingerprint density at radius 2 is 2.29 bits per heavy atom. The fraction of sp³-hybridized carbons (Fsp3) is 0.588. The summed E-state index contributed by atoms with van der Waals surface area (Å²) in [5, 5.41) is 0. The third-order valence-electron chi connectivity index (χ3n) is 4.71. The normalized spacial score (nSPS) is 28.5. The van der Waals surface area contributed by atoms with Gasteiger partial charge in [-0.25, -0.2) is 4.39 Å². The lowest BCUT2D eigenvalue weighted by Crippen LogP contribution is -2.45. The van der Waals surface area contributed by atoms with E-state index in [2.05, 4.69) is 6.92 Å². The van der Waals surface area contributed by atoms with Crippen molar-refractivity contribution in [2.75, 3.05) is 13.1 Å². The van der Waals surface area contributed by atoms with Crippen LogP contribution in [0.5, 0.6) is 0 Å². The van der Waals surface area contributed by atoms with Gasteiger partial charge in [0, 0.05) is 19.0 Å². The summed E-state index contributed by atoms with van der Waals surface area (Å²) >= 11 is 0. The van der Waals surface area contributed by atoms with Crippen molar-refractivity contribution in [3.8, 4) is 0 Å². The SMILES string of the molecule is Cc1cc(F)ccc1CC(=O)N1CC[C@H]2O[C@@H](C)C[C@H]2C1. The molecule has 0 spiro atoms. The lowest BCUT2D eigenvalue weighted by molar-refractivity contribution is -0.133. The van der Waals surface area contributed by atoms with E-state index in [4.69, 9.17) is 4.74 Å². The quantitative estimate of drug-likeness (QED) is 0.838. The molecule has 3 nitrogen and oxygen atoms in total. The van der Waals surface area contributed by atoms with Crippen LogP contribution >= 0.6 is 0 Å². The van der Waals surface area contributed by atoms with Gasteiger partial charge in [0.15, 0.2) is 0 Å². The molecule has 0 bridgehead atoms. The van der Waals surface area contributed by atoms with Crippen LogP contribution in [0, 0.1) is 18.7 Å². The Kier molecular flexibility index (Phi) is 3.98. The second-order valence-electron chi connectivity index (χ2n) is 6.36. The number of hydrogen-bond donors (Lipinski definition) is 0. The van der Waals surface area contributed by atoms with E-state index < -0.39 is 0 Å². The van der Waals surface area contributed by atoms with Gasteiger partial charge in [-0.1, -0.05) is 6.07 Å². The number of carbonyl (C=O) groups excluding carboxylic acids is 1. The Hall–Kier alpha value is -1.42. The monoisotopic (exact) mass is 291 g/mol. The summed E-state index contributed by atoms with van der Waals surface area (Å²) in [5.41, 5.74) is 1.76. The van der Waals surface area contributed by atoms with Gasteiger partial charge in [0.2, 0.25) is 5.91 Å². The molecule has 0 unspecified atom stereocenters. The molecule has 1 amide bonds. The van der Waals surface area contributed by atoms with E-state index >= 15 is 0 Å². The molecule has 1 aromatic rings. The summed E-state index contributed by atoms with van der Waals surface area (Å²) in [6.45, 7) is 5.53. The maximum absolute atomic E-state index is 13.1. The van der Waals surface area contributed by atoms with E-state index in [1.54, 1.807) is 6.07 Å². The molecule has 2 saturated heterocycles. The lowest BCUT2D eigenvalue weighted by atomic mass is 9.92. The number of hydrogen-bond acceptors (Lipinski definition) is 2. The first-order valence-corrected chi connectivity index (χ1v) is 7.71. The number of carbonyl (C=O) groups is 1. The average molecular weight is 291 g/mol. The van der Waals surface area contributed by atoms with E-state index in [1.165, 1.54) is 12.1 Å². The summed E-state index contributed by atoms with van der Waals surface area (Å²) in [5.74, 6) is 0.372. The smallest absolute Gasteiger partial charge is 0.227 e. The van der Waals surface area contributed by atoms with Crippen LogP contribution in [-0.4, -0.2) is 36.1 Å². The maximum Gasteiger partial charge on any atom is 0.227 e. The zero-order chi connectivity index (χ0) is 15.0. The molecular weight excluding hydrogens is 269 g/mol. The summed E-state index contributed by atoms with van der Waals surface area (Å²) in [6, 6.07) is 4.63. The number of aryl methyl sites for hydroxylation is 1. The van der Waals surface area contributed by atoms with Gasteiger partial charge in [0.25, 0.3) is 0 Å². The zero-order valence-corrected chi connectivity index (χ0v) is 12.6. The molecule has 4 heteroatoms. The van der Waals surface area contributed by atoms with Crippen LogP contribution in [-0.2, 0) is 16.0 Å².